The summed E-state index contributed by atoms with van der Waals surface area (Å²) in [6, 6.07) is 23.8. The highest BCUT2D eigenvalue weighted by atomic mass is 32.3. The van der Waals surface area contributed by atoms with Crippen LogP contribution in [0.1, 0.15) is 106 Å². The number of fused-ring (bicyclic) bond motifs is 12. The summed E-state index contributed by atoms with van der Waals surface area (Å²) in [6.07, 6.45) is -1.74. The number of thiophene rings is 2. The molecule has 20 nitrogen and oxygen atoms in total. The molecule has 0 unspecified atom stereocenters. The molecular formula is C68H63F5N7O13S6+. The van der Waals surface area contributed by atoms with Crippen LogP contribution in [-0.2, 0) is 63.7 Å². The maximum atomic E-state index is 18.1. The summed E-state index contributed by atoms with van der Waals surface area (Å²) in [5.41, 5.74) is 0.485. The molecule has 2 bridgehead atoms. The van der Waals surface area contributed by atoms with Crippen LogP contribution in [0.4, 0.5) is 49.6 Å². The van der Waals surface area contributed by atoms with Crippen molar-refractivity contribution in [3.8, 4) is 43.6 Å². The van der Waals surface area contributed by atoms with Gasteiger partial charge in [-0.3, -0.25) is 28.1 Å². The SMILES string of the molecule is CN1c2cc3c(cc2-c2sc(S(=O)(=O)O)cc2C1(C)C)C(c1c(F)c(SCC(=O)CCCCCCC(=O)NCc2ccc(NC(=O)N4c5nc(-c6cccc(C(F)(F)F)c6)ccc5N5CC[C@H]4C5)cc2)cc(F)c1S(=O)(=O)O)=c1cc2c(cc1O3)=[N+](C)C(C)(C)c1cc(S(=O)(=O)O)sc1-2. The third-order valence-electron chi connectivity index (χ3n) is 19.1. The minimum Gasteiger partial charge on any atom is -0.456 e. The van der Waals surface area contributed by atoms with E-state index in [0.29, 0.717) is 123 Å². The number of rotatable bonds is 18. The number of benzene rings is 5. The van der Waals surface area contributed by atoms with Gasteiger partial charge in [0.05, 0.1) is 50.8 Å². The Bertz CT molecular complexity index is 5280. The fourth-order valence-electron chi connectivity index (χ4n) is 13.4. The Balaban J connectivity index is 0.692. The van der Waals surface area contributed by atoms with Crippen LogP contribution in [-0.4, -0.2) is 101 Å². The number of hydrogen-bond donors (Lipinski definition) is 5. The van der Waals surface area contributed by atoms with E-state index in [0.717, 1.165) is 40.4 Å². The molecule has 1 saturated heterocycles. The number of carbonyl (C=O) groups excluding carboxylic acids is 3. The van der Waals surface area contributed by atoms with Crippen LogP contribution in [0.5, 0.6) is 11.5 Å². The zero-order valence-electron chi connectivity index (χ0n) is 53.7. The number of nitrogens with one attached hydrogen (secondary N) is 2. The highest BCUT2D eigenvalue weighted by Gasteiger charge is 2.46. The number of anilines is 4. The van der Waals surface area contributed by atoms with Gasteiger partial charge >= 0.3 is 32.4 Å². The number of urea groups is 1. The lowest BCUT2D eigenvalue weighted by molar-refractivity contribution is -0.137. The highest BCUT2D eigenvalue weighted by Crippen LogP contribution is 2.55. The number of aromatic nitrogens is 1. The van der Waals surface area contributed by atoms with Crippen LogP contribution in [0.25, 0.3) is 37.7 Å². The number of Topliss-reactive ketones (excluding diaryl/α,β-unsaturated/α-hetero) is 1. The molecule has 0 radical (unpaired) electrons. The van der Waals surface area contributed by atoms with Gasteiger partial charge in [-0.25, -0.2) is 23.1 Å². The number of carbonyl (C=O) groups is 3. The molecule has 8 heterocycles. The first-order chi connectivity index (χ1) is 46.5. The van der Waals surface area contributed by atoms with Gasteiger partial charge in [0.1, 0.15) is 49.3 Å². The van der Waals surface area contributed by atoms with Gasteiger partial charge in [-0.1, -0.05) is 37.1 Å². The van der Waals surface area contributed by atoms with Crippen molar-refractivity contribution in [2.45, 2.75) is 121 Å². The van der Waals surface area contributed by atoms with Gasteiger partial charge in [0.25, 0.3) is 10.1 Å². The second kappa shape index (κ2) is 25.2. The molecule has 8 aromatic rings. The minimum atomic E-state index is -5.67. The fraction of sp³-hybridized carbons (Fsp3) is 0.309. The second-order valence-electron chi connectivity index (χ2n) is 25.9. The molecule has 5 aromatic carbocycles. The predicted molar refractivity (Wildman–Crippen MR) is 366 cm³/mol. The standard InChI is InChI=1S/C68H62F5N7O13S6/c1-66(2)45-27-56(97(84,85)86)95-61(45)41-25-43-52(30-50(41)77(66)5)93-53-31-51-42(62-46(67(3,4)78(51)6)28-57(96-62)98(87,88)89)26-44(53)58(43)59-60(70)54(29-47(69)63(59)99(90,91)92)94-34-40(81)14-9-7-8-10-15-55(82)74-32-35-16-18-38(19-17-35)75-65(83)80-39-22-23-79(33-39)49-21-20-48(76-64(49)80)36-12-11-13-37(24-36)68(71,72)73/h11-13,16-21,24-31,39H,7-10,14-15,22-23,32-34H2,1-6H3,(H4-,74,75,82,83,84,85,86,87,88,89,90,91,92)/p+1/t39-/m0/s1. The number of ether oxygens (including phenoxy) is 1. The number of ketones is 1. The van der Waals surface area contributed by atoms with E-state index in [1.54, 1.807) is 67.5 Å². The lowest BCUT2D eigenvalue weighted by atomic mass is 9.83. The molecule has 13 rings (SSSR count). The highest BCUT2D eigenvalue weighted by molar-refractivity contribution is 8.00. The zero-order chi connectivity index (χ0) is 71.0. The van der Waals surface area contributed by atoms with Gasteiger partial charge in [-0.15, -0.1) is 34.4 Å². The van der Waals surface area contributed by atoms with Crippen molar-refractivity contribution in [1.82, 2.24) is 14.9 Å². The van der Waals surface area contributed by atoms with Gasteiger partial charge in [0.15, 0.2) is 11.4 Å². The molecule has 3 amide bonds. The second-order valence-corrected chi connectivity index (χ2v) is 33.7. The van der Waals surface area contributed by atoms with Crippen LogP contribution >= 0.6 is 34.4 Å². The maximum absolute atomic E-state index is 18.1. The molecule has 31 heteroatoms. The average Bonchev–Trinajstić information content (AvgIpc) is 1.69. The van der Waals surface area contributed by atoms with Crippen molar-refractivity contribution in [2.75, 3.05) is 53.0 Å². The molecule has 518 valence electrons. The topological polar surface area (TPSA) is 273 Å². The minimum absolute atomic E-state index is 0.00791. The van der Waals surface area contributed by atoms with Gasteiger partial charge < -0.3 is 25.2 Å². The molecule has 5 N–H and O–H groups in total. The normalized spacial score (nSPS) is 16.4. The first-order valence-corrected chi connectivity index (χ1v) is 38.1. The summed E-state index contributed by atoms with van der Waals surface area (Å²) in [5, 5.41) is 6.20. The van der Waals surface area contributed by atoms with Crippen LogP contribution in [0.2, 0.25) is 0 Å². The van der Waals surface area contributed by atoms with Crippen LogP contribution in [0.15, 0.2) is 121 Å². The zero-order valence-corrected chi connectivity index (χ0v) is 58.6. The summed E-state index contributed by atoms with van der Waals surface area (Å²) in [6.45, 7) is 8.71. The number of unbranched alkanes of at least 4 members (excludes halogenated alkanes) is 3. The predicted octanol–water partition coefficient (Wildman–Crippen LogP) is 12.6. The lowest BCUT2D eigenvalue weighted by Crippen LogP contribution is -2.48. The monoisotopic (exact) mass is 1470 g/mol. The van der Waals surface area contributed by atoms with Crippen molar-refractivity contribution in [1.29, 1.82) is 0 Å². The Labute approximate surface area is 578 Å². The van der Waals surface area contributed by atoms with Crippen molar-refractivity contribution >= 4 is 111 Å². The number of alkyl halides is 3. The van der Waals surface area contributed by atoms with Gasteiger partial charge in [-0.05, 0) is 111 Å². The van der Waals surface area contributed by atoms with Crippen molar-refractivity contribution in [3.63, 3.8) is 0 Å². The number of pyridine rings is 1. The maximum Gasteiger partial charge on any atom is 0.416 e. The van der Waals surface area contributed by atoms with E-state index < -0.39 is 91.9 Å². The number of nitrogens with zero attached hydrogens (tertiary/aromatic N) is 5. The summed E-state index contributed by atoms with van der Waals surface area (Å²) in [4.78, 5) is 49.4. The van der Waals surface area contributed by atoms with Crippen molar-refractivity contribution < 1.29 is 80.0 Å². The number of thioether (sulfide) groups is 1. The van der Waals surface area contributed by atoms with Crippen LogP contribution in [0.3, 0.4) is 0 Å². The van der Waals surface area contributed by atoms with Gasteiger partial charge in [-0.2, -0.15) is 38.4 Å². The van der Waals surface area contributed by atoms with Crippen molar-refractivity contribution in [3.05, 3.63) is 159 Å². The Morgan fingerprint density at radius 1 is 0.768 bits per heavy atom. The number of amides is 3. The van der Waals surface area contributed by atoms with E-state index in [2.05, 4.69) is 15.5 Å². The summed E-state index contributed by atoms with van der Waals surface area (Å²) < 4.78 is 193. The average molecular weight is 1470 g/mol. The summed E-state index contributed by atoms with van der Waals surface area (Å²) in [7, 11) is -11.7. The van der Waals surface area contributed by atoms with Crippen molar-refractivity contribution in [2.24, 2.45) is 0 Å². The van der Waals surface area contributed by atoms with Gasteiger partial charge in [0.2, 0.25) is 11.3 Å². The lowest BCUT2D eigenvalue weighted by Gasteiger charge is -2.43. The Morgan fingerprint density at radius 2 is 1.44 bits per heavy atom. The summed E-state index contributed by atoms with van der Waals surface area (Å²) in [5.74, 6) is -3.59. The molecule has 5 aliphatic rings. The summed E-state index contributed by atoms with van der Waals surface area (Å²) >= 11 is 2.08. The van der Waals surface area contributed by atoms with E-state index in [-0.39, 0.29) is 84.6 Å². The smallest absolute Gasteiger partial charge is 0.416 e. The fourth-order valence-corrected chi connectivity index (χ4v) is 19.1. The molecule has 0 aliphatic carbocycles. The Hall–Kier alpha value is -8.14. The first-order valence-electron chi connectivity index (χ1n) is 31.2. The van der Waals surface area contributed by atoms with E-state index in [9.17, 15) is 66.5 Å². The quantitative estimate of drug-likeness (QED) is 0.0176. The third kappa shape index (κ3) is 12.8. The number of hydrogen-bond acceptors (Lipinski definition) is 16. The van der Waals surface area contributed by atoms with E-state index in [1.165, 1.54) is 36.4 Å². The Morgan fingerprint density at radius 3 is 2.12 bits per heavy atom. The molecule has 99 heavy (non-hydrogen) atoms. The first kappa shape index (κ1) is 69.3. The van der Waals surface area contributed by atoms with Crippen LogP contribution < -0.4 is 45.2 Å². The largest absolute Gasteiger partial charge is 0.456 e. The molecular weight excluding hydrogens is 1410 g/mol. The van der Waals surface area contributed by atoms with Gasteiger partial charge in [0, 0.05) is 119 Å². The molecule has 1 atom stereocenters. The number of halogens is 5. The molecule has 0 saturated carbocycles. The molecule has 3 aromatic heterocycles. The Kier molecular flexibility index (Phi) is 17.6. The van der Waals surface area contributed by atoms with E-state index in [1.807, 2.05) is 37.2 Å². The van der Waals surface area contributed by atoms with E-state index >= 15 is 8.78 Å². The van der Waals surface area contributed by atoms with E-state index in [4.69, 9.17) is 9.72 Å². The molecule has 0 spiro atoms. The molecule has 1 fully saturated rings. The van der Waals surface area contributed by atoms with Crippen LogP contribution in [0, 0.1) is 11.6 Å². The molecule has 5 aliphatic heterocycles. The third-order valence-corrected chi connectivity index (χ3v) is 26.0.